The van der Waals surface area contributed by atoms with Crippen molar-refractivity contribution in [2.45, 2.75) is 38.5 Å². The molecule has 1 atom stereocenters. The second-order valence-corrected chi connectivity index (χ2v) is 6.40. The summed E-state index contributed by atoms with van der Waals surface area (Å²) in [6, 6.07) is 5.84. The van der Waals surface area contributed by atoms with Gasteiger partial charge in [0.05, 0.1) is 11.6 Å². The average molecular weight is 288 g/mol. The molecule has 1 aromatic rings. The SMILES string of the molecule is CCC[C@@H](C(=O)N1CC2(CCOCC2)C1)c1ccccn1. The van der Waals surface area contributed by atoms with Crippen molar-refractivity contribution in [2.75, 3.05) is 26.3 Å². The van der Waals surface area contributed by atoms with Crippen molar-refractivity contribution in [3.05, 3.63) is 30.1 Å². The van der Waals surface area contributed by atoms with Crippen LogP contribution in [0.1, 0.15) is 44.2 Å². The van der Waals surface area contributed by atoms with Crippen LogP contribution < -0.4 is 0 Å². The number of hydrogen-bond acceptors (Lipinski definition) is 3. The van der Waals surface area contributed by atoms with Crippen molar-refractivity contribution in [3.63, 3.8) is 0 Å². The zero-order chi connectivity index (χ0) is 14.7. The molecule has 2 fully saturated rings. The molecule has 0 bridgehead atoms. The van der Waals surface area contributed by atoms with E-state index in [0.29, 0.717) is 5.41 Å². The van der Waals surface area contributed by atoms with Gasteiger partial charge >= 0.3 is 0 Å². The van der Waals surface area contributed by atoms with Crippen molar-refractivity contribution >= 4 is 5.91 Å². The lowest BCUT2D eigenvalue weighted by Gasteiger charge is -2.52. The van der Waals surface area contributed by atoms with Crippen molar-refractivity contribution in [1.82, 2.24) is 9.88 Å². The monoisotopic (exact) mass is 288 g/mol. The zero-order valence-corrected chi connectivity index (χ0v) is 12.8. The van der Waals surface area contributed by atoms with E-state index in [9.17, 15) is 4.79 Å². The van der Waals surface area contributed by atoms with Gasteiger partial charge < -0.3 is 9.64 Å². The molecule has 1 aromatic heterocycles. The van der Waals surface area contributed by atoms with Crippen molar-refractivity contribution in [3.8, 4) is 0 Å². The number of likely N-dealkylation sites (tertiary alicyclic amines) is 1. The Bertz CT molecular complexity index is 475. The van der Waals surface area contributed by atoms with Gasteiger partial charge in [0.2, 0.25) is 5.91 Å². The van der Waals surface area contributed by atoms with E-state index in [1.54, 1.807) is 6.20 Å². The van der Waals surface area contributed by atoms with E-state index in [1.807, 2.05) is 23.1 Å². The first kappa shape index (κ1) is 14.5. The maximum absolute atomic E-state index is 12.8. The summed E-state index contributed by atoms with van der Waals surface area (Å²) in [7, 11) is 0. The largest absolute Gasteiger partial charge is 0.381 e. The molecule has 0 unspecified atom stereocenters. The van der Waals surface area contributed by atoms with Gasteiger partial charge in [-0.15, -0.1) is 0 Å². The van der Waals surface area contributed by atoms with Gasteiger partial charge in [-0.2, -0.15) is 0 Å². The maximum atomic E-state index is 12.8. The van der Waals surface area contributed by atoms with Gasteiger partial charge in [-0.1, -0.05) is 19.4 Å². The summed E-state index contributed by atoms with van der Waals surface area (Å²) in [6.07, 6.45) is 5.85. The first-order chi connectivity index (χ1) is 10.2. The van der Waals surface area contributed by atoms with Gasteiger partial charge in [0, 0.05) is 37.9 Å². The number of hydrogen-bond donors (Lipinski definition) is 0. The molecule has 21 heavy (non-hydrogen) atoms. The fourth-order valence-corrected chi connectivity index (χ4v) is 3.53. The normalized spacial score (nSPS) is 21.9. The van der Waals surface area contributed by atoms with Crippen LogP contribution in [-0.2, 0) is 9.53 Å². The van der Waals surface area contributed by atoms with E-state index in [-0.39, 0.29) is 11.8 Å². The molecular formula is C17H24N2O2. The van der Waals surface area contributed by atoms with Crippen LogP contribution in [0.15, 0.2) is 24.4 Å². The molecule has 0 N–H and O–H groups in total. The molecule has 3 heterocycles. The number of carbonyl (C=O) groups is 1. The van der Waals surface area contributed by atoms with Crippen LogP contribution in [0.25, 0.3) is 0 Å². The number of aromatic nitrogens is 1. The summed E-state index contributed by atoms with van der Waals surface area (Å²) in [5, 5.41) is 0. The smallest absolute Gasteiger partial charge is 0.231 e. The number of ether oxygens (including phenoxy) is 1. The molecule has 0 radical (unpaired) electrons. The molecule has 0 saturated carbocycles. The summed E-state index contributed by atoms with van der Waals surface area (Å²) >= 11 is 0. The Balaban J connectivity index is 1.66. The van der Waals surface area contributed by atoms with Crippen LogP contribution in [0.4, 0.5) is 0 Å². The number of pyridine rings is 1. The Labute approximate surface area is 126 Å². The minimum absolute atomic E-state index is 0.0756. The summed E-state index contributed by atoms with van der Waals surface area (Å²) in [6.45, 7) is 5.63. The van der Waals surface area contributed by atoms with E-state index in [2.05, 4.69) is 11.9 Å². The molecule has 1 amide bonds. The van der Waals surface area contributed by atoms with Crippen LogP contribution >= 0.6 is 0 Å². The summed E-state index contributed by atoms with van der Waals surface area (Å²) in [5.74, 6) is 0.182. The maximum Gasteiger partial charge on any atom is 0.231 e. The molecule has 3 rings (SSSR count). The van der Waals surface area contributed by atoms with Gasteiger partial charge in [0.15, 0.2) is 0 Å². The minimum Gasteiger partial charge on any atom is -0.381 e. The summed E-state index contributed by atoms with van der Waals surface area (Å²) in [5.41, 5.74) is 1.26. The molecule has 4 nitrogen and oxygen atoms in total. The van der Waals surface area contributed by atoms with E-state index >= 15 is 0 Å². The van der Waals surface area contributed by atoms with Gasteiger partial charge in [-0.05, 0) is 31.4 Å². The Morgan fingerprint density at radius 2 is 2.14 bits per heavy atom. The van der Waals surface area contributed by atoms with E-state index in [0.717, 1.165) is 57.7 Å². The first-order valence-corrected chi connectivity index (χ1v) is 8.01. The van der Waals surface area contributed by atoms with Gasteiger partial charge in [0.25, 0.3) is 0 Å². The van der Waals surface area contributed by atoms with E-state index in [4.69, 9.17) is 4.74 Å². The van der Waals surface area contributed by atoms with Gasteiger partial charge in [-0.25, -0.2) is 0 Å². The van der Waals surface area contributed by atoms with Crippen LogP contribution in [0, 0.1) is 5.41 Å². The molecule has 2 saturated heterocycles. The van der Waals surface area contributed by atoms with Crippen LogP contribution in [-0.4, -0.2) is 42.1 Å². The van der Waals surface area contributed by atoms with Crippen molar-refractivity contribution in [1.29, 1.82) is 0 Å². The van der Waals surface area contributed by atoms with Gasteiger partial charge in [-0.3, -0.25) is 9.78 Å². The molecule has 114 valence electrons. The lowest BCUT2D eigenvalue weighted by atomic mass is 9.73. The quantitative estimate of drug-likeness (QED) is 0.855. The Hall–Kier alpha value is -1.42. The highest BCUT2D eigenvalue weighted by molar-refractivity contribution is 5.84. The third-order valence-electron chi connectivity index (χ3n) is 4.84. The Morgan fingerprint density at radius 1 is 1.38 bits per heavy atom. The highest BCUT2D eigenvalue weighted by Crippen LogP contribution is 2.41. The predicted octanol–water partition coefficient (Wildman–Crippen LogP) is 2.60. The van der Waals surface area contributed by atoms with Crippen LogP contribution in [0.2, 0.25) is 0 Å². The molecule has 1 spiro atoms. The zero-order valence-electron chi connectivity index (χ0n) is 12.8. The number of carbonyl (C=O) groups excluding carboxylic acids is 1. The summed E-state index contributed by atoms with van der Waals surface area (Å²) in [4.78, 5) is 19.2. The van der Waals surface area contributed by atoms with E-state index < -0.39 is 0 Å². The third kappa shape index (κ3) is 2.95. The van der Waals surface area contributed by atoms with Gasteiger partial charge in [0.1, 0.15) is 0 Å². The number of nitrogens with zero attached hydrogens (tertiary/aromatic N) is 2. The highest BCUT2D eigenvalue weighted by Gasteiger charge is 2.47. The molecular weight excluding hydrogens is 264 g/mol. The molecule has 2 aliphatic heterocycles. The van der Waals surface area contributed by atoms with E-state index in [1.165, 1.54) is 0 Å². The summed E-state index contributed by atoms with van der Waals surface area (Å²) < 4.78 is 5.44. The standard InChI is InChI=1S/C17H24N2O2/c1-2-5-14(15-6-3-4-9-18-15)16(20)19-12-17(13-19)7-10-21-11-8-17/h3-4,6,9,14H,2,5,7-8,10-13H2,1H3/t14-/m1/s1. The fourth-order valence-electron chi connectivity index (χ4n) is 3.53. The lowest BCUT2D eigenvalue weighted by Crippen LogP contribution is -2.61. The number of amides is 1. The Kier molecular flexibility index (Phi) is 4.24. The topological polar surface area (TPSA) is 42.4 Å². The van der Waals surface area contributed by atoms with Crippen LogP contribution in [0.3, 0.4) is 0 Å². The lowest BCUT2D eigenvalue weighted by molar-refractivity contribution is -0.152. The molecule has 4 heteroatoms. The minimum atomic E-state index is -0.0756. The first-order valence-electron chi connectivity index (χ1n) is 8.01. The molecule has 0 aromatic carbocycles. The average Bonchev–Trinajstić information content (AvgIpc) is 2.51. The Morgan fingerprint density at radius 3 is 2.76 bits per heavy atom. The number of rotatable bonds is 4. The predicted molar refractivity (Wildman–Crippen MR) is 81.0 cm³/mol. The van der Waals surface area contributed by atoms with Crippen LogP contribution in [0.5, 0.6) is 0 Å². The molecule has 2 aliphatic rings. The van der Waals surface area contributed by atoms with Crippen molar-refractivity contribution < 1.29 is 9.53 Å². The third-order valence-corrected chi connectivity index (χ3v) is 4.84. The fraction of sp³-hybridized carbons (Fsp3) is 0.647. The van der Waals surface area contributed by atoms with Crippen molar-refractivity contribution in [2.24, 2.45) is 5.41 Å². The second-order valence-electron chi connectivity index (χ2n) is 6.40. The highest BCUT2D eigenvalue weighted by atomic mass is 16.5. The molecule has 0 aliphatic carbocycles. The second kappa shape index (κ2) is 6.14.